The van der Waals surface area contributed by atoms with Crippen molar-refractivity contribution in [3.05, 3.63) is 0 Å². The number of nitrogens with zero attached hydrogens (tertiary/aromatic N) is 1. The fourth-order valence-electron chi connectivity index (χ4n) is 1.86. The number of primary amides is 1. The number of carboxylic acids is 1. The summed E-state index contributed by atoms with van der Waals surface area (Å²) in [6, 6.07) is -0.464. The van der Waals surface area contributed by atoms with Gasteiger partial charge < -0.3 is 21.1 Å². The minimum absolute atomic E-state index is 0.107. The smallest absolute Gasteiger partial charge is 0.318 e. The van der Waals surface area contributed by atoms with Crippen LogP contribution < -0.4 is 11.1 Å². The number of hydrogen-bond donors (Lipinski definition) is 3. The average Bonchev–Trinajstić information content (AvgIpc) is 2.59. The highest BCUT2D eigenvalue weighted by atomic mass is 16.4. The van der Waals surface area contributed by atoms with E-state index in [0.717, 1.165) is 0 Å². The molecule has 3 amide bonds. The molecule has 2 atom stereocenters. The van der Waals surface area contributed by atoms with Gasteiger partial charge in [0.05, 0.1) is 5.92 Å². The molecular formula is C11H19N3O4. The Morgan fingerprint density at radius 2 is 1.89 bits per heavy atom. The summed E-state index contributed by atoms with van der Waals surface area (Å²) < 4.78 is 0. The predicted molar refractivity (Wildman–Crippen MR) is 63.7 cm³/mol. The quantitative estimate of drug-likeness (QED) is 0.639. The number of urea groups is 1. The Labute approximate surface area is 105 Å². The fourth-order valence-corrected chi connectivity index (χ4v) is 1.86. The number of carbonyl (C=O) groups excluding carboxylic acids is 2. The lowest BCUT2D eigenvalue weighted by Crippen LogP contribution is -2.56. The molecular weight excluding hydrogens is 238 g/mol. The molecule has 1 aliphatic rings. The Hall–Kier alpha value is -1.79. The van der Waals surface area contributed by atoms with Crippen LogP contribution in [-0.2, 0) is 9.59 Å². The molecule has 1 aliphatic heterocycles. The van der Waals surface area contributed by atoms with Gasteiger partial charge in [-0.15, -0.1) is 0 Å². The van der Waals surface area contributed by atoms with E-state index < -0.39 is 29.4 Å². The van der Waals surface area contributed by atoms with Gasteiger partial charge in [-0.05, 0) is 19.8 Å². The number of nitrogens with two attached hydrogens (primary N) is 1. The second kappa shape index (κ2) is 4.83. The van der Waals surface area contributed by atoms with Crippen LogP contribution in [-0.4, -0.2) is 46.5 Å². The van der Waals surface area contributed by atoms with E-state index in [2.05, 4.69) is 5.32 Å². The van der Waals surface area contributed by atoms with Crippen LogP contribution in [0.15, 0.2) is 0 Å². The number of rotatable bonds is 3. The number of likely N-dealkylation sites (tertiary alicyclic amines) is 1. The SMILES string of the molecule is C[C@@H]1CN(C(=O)NC(C)(C)C(N)=O)C[C@H]1C(=O)O. The second-order valence-electron chi connectivity index (χ2n) is 5.25. The first-order valence-corrected chi connectivity index (χ1v) is 5.75. The molecule has 0 spiro atoms. The molecule has 0 bridgehead atoms. The number of carboxylic acid groups (broad SMARTS) is 1. The molecule has 1 fully saturated rings. The van der Waals surface area contributed by atoms with Crippen LogP contribution in [0.2, 0.25) is 0 Å². The van der Waals surface area contributed by atoms with E-state index in [1.165, 1.54) is 18.7 Å². The molecule has 0 aromatic rings. The van der Waals surface area contributed by atoms with Crippen molar-refractivity contribution in [1.29, 1.82) is 0 Å². The lowest BCUT2D eigenvalue weighted by atomic mass is 9.99. The number of nitrogens with one attached hydrogen (secondary N) is 1. The Balaban J connectivity index is 2.66. The number of hydrogen-bond acceptors (Lipinski definition) is 3. The third-order valence-corrected chi connectivity index (χ3v) is 3.25. The van der Waals surface area contributed by atoms with Gasteiger partial charge in [-0.3, -0.25) is 9.59 Å². The third kappa shape index (κ3) is 2.91. The lowest BCUT2D eigenvalue weighted by molar-refractivity contribution is -0.142. The zero-order valence-corrected chi connectivity index (χ0v) is 10.8. The maximum Gasteiger partial charge on any atom is 0.318 e. The zero-order chi connectivity index (χ0) is 14.1. The van der Waals surface area contributed by atoms with Gasteiger partial charge in [-0.2, -0.15) is 0 Å². The maximum atomic E-state index is 11.9. The van der Waals surface area contributed by atoms with E-state index in [1.54, 1.807) is 6.92 Å². The van der Waals surface area contributed by atoms with Crippen molar-refractivity contribution in [2.45, 2.75) is 26.3 Å². The first-order chi connectivity index (χ1) is 8.15. The number of aliphatic carboxylic acids is 1. The lowest BCUT2D eigenvalue weighted by Gasteiger charge is -2.26. The summed E-state index contributed by atoms with van der Waals surface area (Å²) in [5.74, 6) is -2.22. The second-order valence-corrected chi connectivity index (χ2v) is 5.25. The van der Waals surface area contributed by atoms with Crippen LogP contribution in [0.4, 0.5) is 4.79 Å². The highest BCUT2D eigenvalue weighted by Gasteiger charge is 2.38. The number of amides is 3. The van der Waals surface area contributed by atoms with Gasteiger partial charge in [0.2, 0.25) is 5.91 Å². The van der Waals surface area contributed by atoms with E-state index in [1.807, 2.05) is 0 Å². The molecule has 7 heteroatoms. The largest absolute Gasteiger partial charge is 0.481 e. The van der Waals surface area contributed by atoms with Crippen LogP contribution >= 0.6 is 0 Å². The molecule has 102 valence electrons. The van der Waals surface area contributed by atoms with Crippen molar-refractivity contribution in [2.24, 2.45) is 17.6 Å². The van der Waals surface area contributed by atoms with Gasteiger partial charge in [-0.25, -0.2) is 4.79 Å². The molecule has 0 aliphatic carbocycles. The Kier molecular flexibility index (Phi) is 3.83. The van der Waals surface area contributed by atoms with Crippen molar-refractivity contribution >= 4 is 17.9 Å². The molecule has 4 N–H and O–H groups in total. The molecule has 0 saturated carbocycles. The van der Waals surface area contributed by atoms with Gasteiger partial charge in [0.25, 0.3) is 0 Å². The van der Waals surface area contributed by atoms with Gasteiger partial charge >= 0.3 is 12.0 Å². The minimum Gasteiger partial charge on any atom is -0.481 e. The van der Waals surface area contributed by atoms with E-state index in [0.29, 0.717) is 6.54 Å². The standard InChI is InChI=1S/C11H19N3O4/c1-6-4-14(5-7(6)8(15)16)10(18)13-11(2,3)9(12)17/h6-7H,4-5H2,1-3H3,(H2,12,17)(H,13,18)(H,15,16)/t6-,7-/m1/s1. The summed E-state index contributed by atoms with van der Waals surface area (Å²) in [6.45, 7) is 5.29. The predicted octanol–water partition coefficient (Wildman–Crippen LogP) is -0.388. The van der Waals surface area contributed by atoms with E-state index in [4.69, 9.17) is 10.8 Å². The Morgan fingerprint density at radius 1 is 1.33 bits per heavy atom. The van der Waals surface area contributed by atoms with Crippen molar-refractivity contribution in [3.8, 4) is 0 Å². The van der Waals surface area contributed by atoms with Crippen molar-refractivity contribution in [1.82, 2.24) is 10.2 Å². The fraction of sp³-hybridized carbons (Fsp3) is 0.727. The summed E-state index contributed by atoms with van der Waals surface area (Å²) in [6.07, 6.45) is 0. The topological polar surface area (TPSA) is 113 Å². The summed E-state index contributed by atoms with van der Waals surface area (Å²) in [7, 11) is 0. The van der Waals surface area contributed by atoms with E-state index in [9.17, 15) is 14.4 Å². The van der Waals surface area contributed by atoms with Gasteiger partial charge in [0, 0.05) is 13.1 Å². The molecule has 0 aromatic heterocycles. The normalized spacial score (nSPS) is 23.8. The molecule has 1 saturated heterocycles. The van der Waals surface area contributed by atoms with Crippen molar-refractivity contribution in [3.63, 3.8) is 0 Å². The highest BCUT2D eigenvalue weighted by Crippen LogP contribution is 2.23. The molecule has 1 rings (SSSR count). The maximum absolute atomic E-state index is 11.9. The Bertz CT molecular complexity index is 380. The molecule has 7 nitrogen and oxygen atoms in total. The van der Waals surface area contributed by atoms with Gasteiger partial charge in [0.15, 0.2) is 0 Å². The molecule has 0 unspecified atom stereocenters. The minimum atomic E-state index is -1.15. The summed E-state index contributed by atoms with van der Waals surface area (Å²) in [5, 5.41) is 11.5. The molecule has 1 heterocycles. The van der Waals surface area contributed by atoms with Crippen molar-refractivity contribution < 1.29 is 19.5 Å². The van der Waals surface area contributed by atoms with Gasteiger partial charge in [0.1, 0.15) is 5.54 Å². The number of carbonyl (C=O) groups is 3. The van der Waals surface area contributed by atoms with Gasteiger partial charge in [-0.1, -0.05) is 6.92 Å². The molecule has 0 radical (unpaired) electrons. The van der Waals surface area contributed by atoms with Crippen LogP contribution in [0, 0.1) is 11.8 Å². The van der Waals surface area contributed by atoms with E-state index in [-0.39, 0.29) is 12.5 Å². The summed E-state index contributed by atoms with van der Waals surface area (Å²) in [5.41, 5.74) is 4.00. The zero-order valence-electron chi connectivity index (χ0n) is 10.8. The highest BCUT2D eigenvalue weighted by molar-refractivity contribution is 5.89. The van der Waals surface area contributed by atoms with Crippen molar-refractivity contribution in [2.75, 3.05) is 13.1 Å². The monoisotopic (exact) mass is 257 g/mol. The first kappa shape index (κ1) is 14.3. The summed E-state index contributed by atoms with van der Waals surface area (Å²) in [4.78, 5) is 35.3. The van der Waals surface area contributed by atoms with E-state index >= 15 is 0 Å². The molecule has 18 heavy (non-hydrogen) atoms. The van der Waals surface area contributed by atoms with Crippen LogP contribution in [0.1, 0.15) is 20.8 Å². The molecule has 0 aromatic carbocycles. The Morgan fingerprint density at radius 3 is 2.28 bits per heavy atom. The summed E-state index contributed by atoms with van der Waals surface area (Å²) >= 11 is 0. The average molecular weight is 257 g/mol. The van der Waals surface area contributed by atoms with Crippen LogP contribution in [0.5, 0.6) is 0 Å². The third-order valence-electron chi connectivity index (χ3n) is 3.25. The van der Waals surface area contributed by atoms with Crippen LogP contribution in [0.3, 0.4) is 0 Å². The van der Waals surface area contributed by atoms with Crippen LogP contribution in [0.25, 0.3) is 0 Å². The first-order valence-electron chi connectivity index (χ1n) is 5.75.